The predicted molar refractivity (Wildman–Crippen MR) is 88.0 cm³/mol. The van der Waals surface area contributed by atoms with Gasteiger partial charge in [-0.25, -0.2) is 4.98 Å². The Morgan fingerprint density at radius 2 is 2.09 bits per heavy atom. The molecule has 0 N–H and O–H groups in total. The molecule has 0 aliphatic carbocycles. The topological polar surface area (TPSA) is 66.0 Å². The molecule has 0 unspecified atom stereocenters. The maximum atomic E-state index is 5.70. The number of hydrogen-bond donors (Lipinski definition) is 0. The molecular weight excluding hydrogens is 312 g/mol. The molecule has 3 rings (SSSR count). The van der Waals surface area contributed by atoms with Crippen LogP contribution in [0.1, 0.15) is 12.3 Å². The van der Waals surface area contributed by atoms with Gasteiger partial charge in [0.2, 0.25) is 11.8 Å². The van der Waals surface area contributed by atoms with Gasteiger partial charge >= 0.3 is 0 Å². The summed E-state index contributed by atoms with van der Waals surface area (Å²) in [6.45, 7) is 4.35. The molecule has 23 heavy (non-hydrogen) atoms. The first-order chi connectivity index (χ1) is 11.3. The molecule has 0 atom stereocenters. The van der Waals surface area contributed by atoms with Gasteiger partial charge in [-0.15, -0.1) is 10.2 Å². The number of benzene rings is 1. The van der Waals surface area contributed by atoms with Crippen LogP contribution in [-0.4, -0.2) is 26.4 Å². The summed E-state index contributed by atoms with van der Waals surface area (Å²) in [5, 5.41) is 9.09. The molecule has 0 aliphatic heterocycles. The zero-order valence-corrected chi connectivity index (χ0v) is 13.6. The van der Waals surface area contributed by atoms with Gasteiger partial charge in [0, 0.05) is 25.0 Å². The highest BCUT2D eigenvalue weighted by Crippen LogP contribution is 2.24. The van der Waals surface area contributed by atoms with Crippen molar-refractivity contribution in [1.82, 2.24) is 19.7 Å². The van der Waals surface area contributed by atoms with Crippen LogP contribution in [0.3, 0.4) is 0 Å². The molecule has 0 saturated carbocycles. The van der Waals surface area contributed by atoms with Crippen LogP contribution in [0.2, 0.25) is 0 Å². The Morgan fingerprint density at radius 1 is 1.26 bits per heavy atom. The molecule has 3 aromatic rings. The highest BCUT2D eigenvalue weighted by molar-refractivity contribution is 7.98. The molecule has 2 aromatic heterocycles. The molecule has 7 heteroatoms. The van der Waals surface area contributed by atoms with Crippen LogP contribution < -0.4 is 4.74 Å². The maximum Gasteiger partial charge on any atom is 0.247 e. The first kappa shape index (κ1) is 15.6. The molecule has 0 bridgehead atoms. The summed E-state index contributed by atoms with van der Waals surface area (Å²) in [5.74, 6) is 2.47. The molecule has 1 radical (unpaired) electrons. The van der Waals surface area contributed by atoms with E-state index in [1.807, 2.05) is 42.1 Å². The third kappa shape index (κ3) is 3.92. The Labute approximate surface area is 138 Å². The minimum atomic E-state index is 0.504. The van der Waals surface area contributed by atoms with E-state index >= 15 is 0 Å². The van der Waals surface area contributed by atoms with Crippen LogP contribution >= 0.6 is 11.8 Å². The van der Waals surface area contributed by atoms with Crippen molar-refractivity contribution in [3.63, 3.8) is 0 Å². The van der Waals surface area contributed by atoms with Crippen molar-refractivity contribution < 1.29 is 9.15 Å². The molecule has 0 aliphatic rings. The quantitative estimate of drug-likeness (QED) is 0.619. The molecule has 1 aromatic carbocycles. The first-order valence-corrected chi connectivity index (χ1v) is 8.20. The lowest BCUT2D eigenvalue weighted by atomic mass is 10.2. The highest BCUT2D eigenvalue weighted by Gasteiger charge is 2.10. The number of hydrogen-bond acceptors (Lipinski definition) is 6. The first-order valence-electron chi connectivity index (χ1n) is 7.21. The van der Waals surface area contributed by atoms with Crippen LogP contribution in [0.15, 0.2) is 46.2 Å². The van der Waals surface area contributed by atoms with E-state index in [4.69, 9.17) is 9.15 Å². The van der Waals surface area contributed by atoms with Gasteiger partial charge in [-0.3, -0.25) is 0 Å². The van der Waals surface area contributed by atoms with Gasteiger partial charge in [-0.2, -0.15) is 0 Å². The van der Waals surface area contributed by atoms with E-state index in [2.05, 4.69) is 22.1 Å². The molecule has 0 spiro atoms. The number of aryl methyl sites for hydroxylation is 1. The van der Waals surface area contributed by atoms with Crippen molar-refractivity contribution in [3.8, 4) is 17.2 Å². The van der Waals surface area contributed by atoms with Crippen LogP contribution in [0, 0.1) is 6.92 Å². The average Bonchev–Trinajstić information content (AvgIpc) is 3.20. The van der Waals surface area contributed by atoms with Gasteiger partial charge < -0.3 is 13.7 Å². The number of imidazole rings is 1. The van der Waals surface area contributed by atoms with Gasteiger partial charge in [0.25, 0.3) is 0 Å². The molecule has 0 amide bonds. The second-order valence-corrected chi connectivity index (χ2v) is 5.78. The standard InChI is InChI=1S/C16H17N4O2S/c1-3-10-21-13-6-4-12(5-7-13)15-19-18-14(22-15)11-23-16-17-8-9-20(16)2/h4-9H,1,3,10-11H2,2H3. The summed E-state index contributed by atoms with van der Waals surface area (Å²) < 4.78 is 13.1. The summed E-state index contributed by atoms with van der Waals surface area (Å²) in [4.78, 5) is 4.25. The predicted octanol–water partition coefficient (Wildman–Crippen LogP) is 3.37. The Balaban J connectivity index is 1.63. The van der Waals surface area contributed by atoms with E-state index in [0.717, 1.165) is 22.9 Å². The summed E-state index contributed by atoms with van der Waals surface area (Å²) >= 11 is 1.56. The van der Waals surface area contributed by atoms with E-state index in [1.165, 1.54) is 0 Å². The fraction of sp³-hybridized carbons (Fsp3) is 0.250. The summed E-state index contributed by atoms with van der Waals surface area (Å²) in [6, 6.07) is 7.58. The highest BCUT2D eigenvalue weighted by atomic mass is 32.2. The van der Waals surface area contributed by atoms with Crippen LogP contribution in [0.5, 0.6) is 5.75 Å². The van der Waals surface area contributed by atoms with Gasteiger partial charge in [-0.05, 0) is 37.6 Å². The lowest BCUT2D eigenvalue weighted by molar-refractivity contribution is 0.324. The number of ether oxygens (including phenoxy) is 1. The van der Waals surface area contributed by atoms with Crippen molar-refractivity contribution in [3.05, 3.63) is 49.5 Å². The maximum absolute atomic E-state index is 5.70. The largest absolute Gasteiger partial charge is 0.494 e. The molecule has 0 fully saturated rings. The van der Waals surface area contributed by atoms with Gasteiger partial charge in [0.05, 0.1) is 12.4 Å². The third-order valence-electron chi connectivity index (χ3n) is 3.08. The second-order valence-electron chi connectivity index (χ2n) is 4.84. The summed E-state index contributed by atoms with van der Waals surface area (Å²) in [6.07, 6.45) is 4.40. The second kappa shape index (κ2) is 7.32. The van der Waals surface area contributed by atoms with Gasteiger partial charge in [0.1, 0.15) is 5.75 Å². The van der Waals surface area contributed by atoms with Crippen LogP contribution in [0.25, 0.3) is 11.5 Å². The van der Waals surface area contributed by atoms with Crippen molar-refractivity contribution >= 4 is 11.8 Å². The average molecular weight is 329 g/mol. The zero-order valence-electron chi connectivity index (χ0n) is 12.8. The molecule has 0 saturated heterocycles. The molecular formula is C16H17N4O2S. The summed E-state index contributed by atoms with van der Waals surface area (Å²) in [7, 11) is 1.95. The number of thioether (sulfide) groups is 1. The smallest absolute Gasteiger partial charge is 0.247 e. The van der Waals surface area contributed by atoms with E-state index in [-0.39, 0.29) is 0 Å². The fourth-order valence-electron chi connectivity index (χ4n) is 1.93. The van der Waals surface area contributed by atoms with Gasteiger partial charge in [-0.1, -0.05) is 11.8 Å². The zero-order chi connectivity index (χ0) is 16.1. The Bertz CT molecular complexity index is 752. The minimum absolute atomic E-state index is 0.504. The normalized spacial score (nSPS) is 10.9. The fourth-order valence-corrected chi connectivity index (χ4v) is 2.70. The molecule has 2 heterocycles. The number of rotatable bonds is 7. The summed E-state index contributed by atoms with van der Waals surface area (Å²) in [5.41, 5.74) is 0.868. The van der Waals surface area contributed by atoms with Crippen molar-refractivity contribution in [2.75, 3.05) is 6.61 Å². The van der Waals surface area contributed by atoms with E-state index in [9.17, 15) is 0 Å². The lowest BCUT2D eigenvalue weighted by Gasteiger charge is -2.03. The SMILES string of the molecule is [CH2]CCOc1ccc(-c2nnc(CSc3nccn3C)o2)cc1. The van der Waals surface area contributed by atoms with E-state index in [1.54, 1.807) is 18.0 Å². The number of aromatic nitrogens is 4. The Kier molecular flexibility index (Phi) is 4.97. The van der Waals surface area contributed by atoms with Crippen LogP contribution in [-0.2, 0) is 12.8 Å². The van der Waals surface area contributed by atoms with E-state index < -0.39 is 0 Å². The van der Waals surface area contributed by atoms with Gasteiger partial charge in [0.15, 0.2) is 5.16 Å². The molecule has 6 nitrogen and oxygen atoms in total. The Morgan fingerprint density at radius 3 is 2.78 bits per heavy atom. The monoisotopic (exact) mass is 329 g/mol. The van der Waals surface area contributed by atoms with Crippen LogP contribution in [0.4, 0.5) is 0 Å². The minimum Gasteiger partial charge on any atom is -0.494 e. The van der Waals surface area contributed by atoms with E-state index in [0.29, 0.717) is 24.1 Å². The number of nitrogens with zero attached hydrogens (tertiary/aromatic N) is 4. The van der Waals surface area contributed by atoms with Crippen molar-refractivity contribution in [2.24, 2.45) is 7.05 Å². The van der Waals surface area contributed by atoms with Crippen molar-refractivity contribution in [2.45, 2.75) is 17.3 Å². The lowest BCUT2D eigenvalue weighted by Crippen LogP contribution is -1.94. The van der Waals surface area contributed by atoms with Crippen molar-refractivity contribution in [1.29, 1.82) is 0 Å². The third-order valence-corrected chi connectivity index (χ3v) is 4.13. The molecule has 119 valence electrons. The Hall–Kier alpha value is -2.28.